The first-order valence-corrected chi connectivity index (χ1v) is 7.63. The molecule has 2 aromatic carbocycles. The number of hydrogen-bond acceptors (Lipinski definition) is 2. The van der Waals surface area contributed by atoms with Gasteiger partial charge in [0, 0.05) is 16.5 Å². The van der Waals surface area contributed by atoms with Crippen molar-refractivity contribution in [2.75, 3.05) is 0 Å². The van der Waals surface area contributed by atoms with Crippen LogP contribution in [0.5, 0.6) is 11.5 Å². The normalized spacial score (nSPS) is 13.5. The molecule has 2 rings (SSSR count). The lowest BCUT2D eigenvalue weighted by molar-refractivity contribution is 0.131. The van der Waals surface area contributed by atoms with E-state index in [0.29, 0.717) is 10.0 Å². The summed E-state index contributed by atoms with van der Waals surface area (Å²) in [5.41, 5.74) is 0. The summed E-state index contributed by atoms with van der Waals surface area (Å²) in [4.78, 5) is 0. The zero-order valence-electron chi connectivity index (χ0n) is 12.1. The molecule has 21 heavy (non-hydrogen) atoms. The lowest BCUT2D eigenvalue weighted by Gasteiger charge is -2.20. The standard InChI is InChI=1S/C17H18Cl2O2/c1-12(20-16-7-3-5-14(18)10-16)9-13(2)21-17-8-4-6-15(19)11-17/h3-8,10-13H,9H2,1-2H3/t12-,13-/m0/s1. The Hall–Kier alpha value is -1.38. The first-order valence-electron chi connectivity index (χ1n) is 6.87. The van der Waals surface area contributed by atoms with Crippen LogP contribution in [0.2, 0.25) is 10.0 Å². The Kier molecular flexibility index (Phi) is 5.77. The Morgan fingerprint density at radius 2 is 1.24 bits per heavy atom. The average molecular weight is 325 g/mol. The molecule has 0 spiro atoms. The van der Waals surface area contributed by atoms with Crippen molar-refractivity contribution >= 4 is 23.2 Å². The summed E-state index contributed by atoms with van der Waals surface area (Å²) in [5.74, 6) is 1.54. The highest BCUT2D eigenvalue weighted by molar-refractivity contribution is 6.31. The van der Waals surface area contributed by atoms with Crippen LogP contribution in [0.25, 0.3) is 0 Å². The number of ether oxygens (including phenoxy) is 2. The van der Waals surface area contributed by atoms with Crippen LogP contribution in [0.1, 0.15) is 20.3 Å². The van der Waals surface area contributed by atoms with E-state index in [1.165, 1.54) is 0 Å². The second-order valence-electron chi connectivity index (χ2n) is 5.01. The summed E-state index contributed by atoms with van der Waals surface area (Å²) in [6.45, 7) is 4.03. The lowest BCUT2D eigenvalue weighted by atomic mass is 10.2. The first-order chi connectivity index (χ1) is 10.0. The SMILES string of the molecule is C[C@@H](C[C@H](C)Oc1cccc(Cl)c1)Oc1cccc(Cl)c1. The molecule has 0 amide bonds. The summed E-state index contributed by atoms with van der Waals surface area (Å²) in [6.07, 6.45) is 0.814. The van der Waals surface area contributed by atoms with Gasteiger partial charge in [0.1, 0.15) is 11.5 Å². The van der Waals surface area contributed by atoms with E-state index < -0.39 is 0 Å². The van der Waals surface area contributed by atoms with Gasteiger partial charge in [0.25, 0.3) is 0 Å². The monoisotopic (exact) mass is 324 g/mol. The Balaban J connectivity index is 1.86. The molecule has 0 saturated carbocycles. The Bertz CT molecular complexity index is 535. The quantitative estimate of drug-likeness (QED) is 0.686. The van der Waals surface area contributed by atoms with Crippen molar-refractivity contribution in [2.24, 2.45) is 0 Å². The van der Waals surface area contributed by atoms with Gasteiger partial charge in [-0.3, -0.25) is 0 Å². The summed E-state index contributed by atoms with van der Waals surface area (Å²) >= 11 is 11.9. The maximum absolute atomic E-state index is 5.94. The molecular weight excluding hydrogens is 307 g/mol. The third kappa shape index (κ3) is 5.49. The molecule has 0 aliphatic heterocycles. The highest BCUT2D eigenvalue weighted by atomic mass is 35.5. The zero-order chi connectivity index (χ0) is 15.2. The van der Waals surface area contributed by atoms with Gasteiger partial charge in [0.15, 0.2) is 0 Å². The van der Waals surface area contributed by atoms with Gasteiger partial charge in [-0.1, -0.05) is 35.3 Å². The molecule has 2 aromatic rings. The van der Waals surface area contributed by atoms with E-state index in [1.54, 1.807) is 12.1 Å². The summed E-state index contributed by atoms with van der Waals surface area (Å²) in [6, 6.07) is 14.8. The van der Waals surface area contributed by atoms with Crippen molar-refractivity contribution in [1.29, 1.82) is 0 Å². The molecule has 0 radical (unpaired) electrons. The van der Waals surface area contributed by atoms with Gasteiger partial charge < -0.3 is 9.47 Å². The van der Waals surface area contributed by atoms with E-state index in [1.807, 2.05) is 50.2 Å². The molecular formula is C17H18Cl2O2. The molecule has 0 aliphatic carbocycles. The fourth-order valence-electron chi connectivity index (χ4n) is 2.11. The van der Waals surface area contributed by atoms with Crippen molar-refractivity contribution in [3.63, 3.8) is 0 Å². The van der Waals surface area contributed by atoms with Crippen LogP contribution in [0.4, 0.5) is 0 Å². The van der Waals surface area contributed by atoms with Crippen LogP contribution in [0.3, 0.4) is 0 Å². The Morgan fingerprint density at radius 1 is 0.810 bits per heavy atom. The lowest BCUT2D eigenvalue weighted by Crippen LogP contribution is -2.22. The highest BCUT2D eigenvalue weighted by Crippen LogP contribution is 2.22. The van der Waals surface area contributed by atoms with Gasteiger partial charge in [-0.25, -0.2) is 0 Å². The van der Waals surface area contributed by atoms with Crippen LogP contribution < -0.4 is 9.47 Å². The van der Waals surface area contributed by atoms with Gasteiger partial charge in [-0.05, 0) is 50.2 Å². The molecule has 0 N–H and O–H groups in total. The minimum absolute atomic E-state index is 0.0256. The van der Waals surface area contributed by atoms with Crippen LogP contribution in [0.15, 0.2) is 48.5 Å². The molecule has 0 saturated heterocycles. The van der Waals surface area contributed by atoms with E-state index in [9.17, 15) is 0 Å². The predicted molar refractivity (Wildman–Crippen MR) is 87.7 cm³/mol. The molecule has 2 nitrogen and oxygen atoms in total. The Labute approximate surface area is 135 Å². The van der Waals surface area contributed by atoms with E-state index in [4.69, 9.17) is 32.7 Å². The van der Waals surface area contributed by atoms with Crippen LogP contribution >= 0.6 is 23.2 Å². The molecule has 2 atom stereocenters. The topological polar surface area (TPSA) is 18.5 Å². The number of halogens is 2. The number of benzene rings is 2. The third-order valence-electron chi connectivity index (χ3n) is 2.93. The minimum atomic E-state index is 0.0256. The van der Waals surface area contributed by atoms with Crippen molar-refractivity contribution in [2.45, 2.75) is 32.5 Å². The maximum Gasteiger partial charge on any atom is 0.121 e. The second-order valence-corrected chi connectivity index (χ2v) is 5.88. The van der Waals surface area contributed by atoms with Crippen LogP contribution in [-0.4, -0.2) is 12.2 Å². The van der Waals surface area contributed by atoms with E-state index in [0.717, 1.165) is 17.9 Å². The largest absolute Gasteiger partial charge is 0.491 e. The van der Waals surface area contributed by atoms with E-state index in [-0.39, 0.29) is 12.2 Å². The molecule has 0 unspecified atom stereocenters. The molecule has 0 aliphatic rings. The number of rotatable bonds is 6. The summed E-state index contributed by atoms with van der Waals surface area (Å²) < 4.78 is 11.7. The second kappa shape index (κ2) is 7.58. The smallest absolute Gasteiger partial charge is 0.121 e. The van der Waals surface area contributed by atoms with Crippen molar-refractivity contribution in [1.82, 2.24) is 0 Å². The molecule has 0 bridgehead atoms. The van der Waals surface area contributed by atoms with Crippen LogP contribution in [-0.2, 0) is 0 Å². The van der Waals surface area contributed by atoms with E-state index >= 15 is 0 Å². The number of hydrogen-bond donors (Lipinski definition) is 0. The van der Waals surface area contributed by atoms with Crippen molar-refractivity contribution < 1.29 is 9.47 Å². The molecule has 0 aromatic heterocycles. The van der Waals surface area contributed by atoms with Crippen LogP contribution in [0, 0.1) is 0 Å². The maximum atomic E-state index is 5.94. The first kappa shape index (κ1) is 16.0. The Morgan fingerprint density at radius 3 is 1.62 bits per heavy atom. The van der Waals surface area contributed by atoms with Gasteiger partial charge in [0.2, 0.25) is 0 Å². The average Bonchev–Trinajstić information content (AvgIpc) is 2.38. The molecule has 0 fully saturated rings. The van der Waals surface area contributed by atoms with Gasteiger partial charge in [-0.15, -0.1) is 0 Å². The summed E-state index contributed by atoms with van der Waals surface area (Å²) in [5, 5.41) is 1.34. The minimum Gasteiger partial charge on any atom is -0.491 e. The summed E-state index contributed by atoms with van der Waals surface area (Å²) in [7, 11) is 0. The molecule has 112 valence electrons. The van der Waals surface area contributed by atoms with Crippen molar-refractivity contribution in [3.05, 3.63) is 58.6 Å². The van der Waals surface area contributed by atoms with Gasteiger partial charge in [0.05, 0.1) is 12.2 Å². The highest BCUT2D eigenvalue weighted by Gasteiger charge is 2.12. The third-order valence-corrected chi connectivity index (χ3v) is 3.40. The van der Waals surface area contributed by atoms with Gasteiger partial charge in [-0.2, -0.15) is 0 Å². The van der Waals surface area contributed by atoms with Gasteiger partial charge >= 0.3 is 0 Å². The fraction of sp³-hybridized carbons (Fsp3) is 0.294. The molecule has 4 heteroatoms. The van der Waals surface area contributed by atoms with E-state index in [2.05, 4.69) is 0 Å². The fourth-order valence-corrected chi connectivity index (χ4v) is 2.47. The van der Waals surface area contributed by atoms with Crippen molar-refractivity contribution in [3.8, 4) is 11.5 Å². The predicted octanol–water partition coefficient (Wildman–Crippen LogP) is 5.62. The molecule has 0 heterocycles. The zero-order valence-corrected chi connectivity index (χ0v) is 13.6.